The van der Waals surface area contributed by atoms with Crippen molar-refractivity contribution in [2.24, 2.45) is 4.99 Å². The van der Waals surface area contributed by atoms with Gasteiger partial charge in [0.25, 0.3) is 5.56 Å². The second-order valence-electron chi connectivity index (χ2n) is 7.54. The zero-order valence-corrected chi connectivity index (χ0v) is 23.4. The molecule has 2 aromatic carbocycles. The fourth-order valence-corrected chi connectivity index (χ4v) is 6.37. The molecule has 0 N–H and O–H groups in total. The van der Waals surface area contributed by atoms with Gasteiger partial charge in [0.1, 0.15) is 12.4 Å². The second-order valence-corrected chi connectivity index (χ2v) is 10.7. The molecule has 1 atom stereocenters. The highest BCUT2D eigenvalue weighted by Crippen LogP contribution is 2.35. The number of halogens is 3. The monoisotopic (exact) mass is 636 g/mol. The molecule has 0 unspecified atom stereocenters. The van der Waals surface area contributed by atoms with Crippen LogP contribution in [0.15, 0.2) is 79.1 Å². The predicted octanol–water partition coefficient (Wildman–Crippen LogP) is 5.15. The number of hydrogen-bond donors (Lipinski definition) is 0. The standard InChI is InChI=1S/C25H19Br2ClN2O4S/c1-4-9-34-22-17(26)10-14(11-18(22)27)12-19-23(31)30-21(15-5-7-16(28)8-6-15)20(24(32)33-3)13(2)29-25(30)35-19/h4-8,10-12,21H,1,9H2,2-3H3/b19-12-/t21-/m0/s1. The molecule has 0 amide bonds. The Balaban J connectivity index is 1.90. The molecule has 0 spiro atoms. The van der Waals surface area contributed by atoms with Crippen molar-refractivity contribution in [1.29, 1.82) is 0 Å². The number of methoxy groups -OCH3 is 1. The summed E-state index contributed by atoms with van der Waals surface area (Å²) in [5.41, 5.74) is 2.06. The molecular weight excluding hydrogens is 620 g/mol. The van der Waals surface area contributed by atoms with E-state index in [9.17, 15) is 9.59 Å². The third-order valence-electron chi connectivity index (χ3n) is 5.28. The van der Waals surface area contributed by atoms with Crippen molar-refractivity contribution in [3.05, 3.63) is 105 Å². The number of rotatable bonds is 6. The summed E-state index contributed by atoms with van der Waals surface area (Å²) in [7, 11) is 1.31. The molecule has 2 heterocycles. The van der Waals surface area contributed by atoms with E-state index >= 15 is 0 Å². The van der Waals surface area contributed by atoms with Crippen LogP contribution in [0.4, 0.5) is 0 Å². The third-order valence-corrected chi connectivity index (χ3v) is 7.69. The number of esters is 1. The fraction of sp³-hybridized carbons (Fsp3) is 0.160. The van der Waals surface area contributed by atoms with Gasteiger partial charge in [0.05, 0.1) is 37.9 Å². The van der Waals surface area contributed by atoms with Crippen LogP contribution in [0.25, 0.3) is 6.08 Å². The highest BCUT2D eigenvalue weighted by atomic mass is 79.9. The highest BCUT2D eigenvalue weighted by molar-refractivity contribution is 9.11. The van der Waals surface area contributed by atoms with Gasteiger partial charge in [0, 0.05) is 5.02 Å². The van der Waals surface area contributed by atoms with Crippen molar-refractivity contribution in [2.75, 3.05) is 13.7 Å². The van der Waals surface area contributed by atoms with E-state index in [2.05, 4.69) is 43.4 Å². The minimum atomic E-state index is -0.689. The van der Waals surface area contributed by atoms with Gasteiger partial charge in [-0.3, -0.25) is 9.36 Å². The molecule has 0 radical (unpaired) electrons. The molecular formula is C25H19Br2ClN2O4S. The first kappa shape index (κ1) is 25.6. The van der Waals surface area contributed by atoms with Crippen molar-refractivity contribution in [3.8, 4) is 5.75 Å². The molecule has 6 nitrogen and oxygen atoms in total. The first-order valence-electron chi connectivity index (χ1n) is 10.3. The summed E-state index contributed by atoms with van der Waals surface area (Å²) in [6.45, 7) is 5.77. The van der Waals surface area contributed by atoms with E-state index < -0.39 is 12.0 Å². The average Bonchev–Trinajstić information content (AvgIpc) is 3.12. The number of aromatic nitrogens is 1. The maximum atomic E-state index is 13.6. The molecule has 0 saturated carbocycles. The van der Waals surface area contributed by atoms with Gasteiger partial charge in [-0.25, -0.2) is 9.79 Å². The minimum absolute atomic E-state index is 0.262. The van der Waals surface area contributed by atoms with Crippen LogP contribution in [0.1, 0.15) is 24.1 Å². The zero-order valence-electron chi connectivity index (χ0n) is 18.7. The van der Waals surface area contributed by atoms with Gasteiger partial charge in [-0.05, 0) is 80.3 Å². The summed E-state index contributed by atoms with van der Waals surface area (Å²) in [6.07, 6.45) is 3.45. The van der Waals surface area contributed by atoms with E-state index in [1.807, 2.05) is 12.1 Å². The van der Waals surface area contributed by atoms with Crippen molar-refractivity contribution in [2.45, 2.75) is 13.0 Å². The van der Waals surface area contributed by atoms with Crippen LogP contribution in [0.5, 0.6) is 5.75 Å². The lowest BCUT2D eigenvalue weighted by Gasteiger charge is -2.24. The number of fused-ring (bicyclic) bond motifs is 1. The SMILES string of the molecule is C=CCOc1c(Br)cc(/C=c2\sc3n(c2=O)[C@@H](c2ccc(Cl)cc2)C(C(=O)OC)=C(C)N=3)cc1Br. The number of nitrogens with zero attached hydrogens (tertiary/aromatic N) is 2. The number of ether oxygens (including phenoxy) is 2. The van der Waals surface area contributed by atoms with Gasteiger partial charge in [-0.1, -0.05) is 47.7 Å². The maximum Gasteiger partial charge on any atom is 0.338 e. The lowest BCUT2D eigenvalue weighted by Crippen LogP contribution is -2.39. The minimum Gasteiger partial charge on any atom is -0.487 e. The van der Waals surface area contributed by atoms with Gasteiger partial charge in [0.15, 0.2) is 4.80 Å². The van der Waals surface area contributed by atoms with E-state index in [0.29, 0.717) is 38.0 Å². The molecule has 0 bridgehead atoms. The molecule has 0 fully saturated rings. The smallest absolute Gasteiger partial charge is 0.338 e. The van der Waals surface area contributed by atoms with E-state index in [4.69, 9.17) is 21.1 Å². The average molecular weight is 639 g/mol. The van der Waals surface area contributed by atoms with Crippen LogP contribution >= 0.6 is 54.8 Å². The number of thiazole rings is 1. The van der Waals surface area contributed by atoms with Gasteiger partial charge in [0.2, 0.25) is 0 Å². The topological polar surface area (TPSA) is 69.9 Å². The Morgan fingerprint density at radius 1 is 1.26 bits per heavy atom. The Labute approximate surface area is 227 Å². The van der Waals surface area contributed by atoms with E-state index in [1.54, 1.807) is 43.3 Å². The first-order valence-corrected chi connectivity index (χ1v) is 13.1. The number of allylic oxidation sites excluding steroid dienone is 1. The molecule has 1 aromatic heterocycles. The predicted molar refractivity (Wildman–Crippen MR) is 145 cm³/mol. The van der Waals surface area contributed by atoms with E-state index in [1.165, 1.54) is 23.0 Å². The van der Waals surface area contributed by atoms with Crippen molar-refractivity contribution in [3.63, 3.8) is 0 Å². The van der Waals surface area contributed by atoms with Crippen LogP contribution in [0, 0.1) is 0 Å². The molecule has 1 aliphatic rings. The molecule has 1 aliphatic heterocycles. The highest BCUT2D eigenvalue weighted by Gasteiger charge is 2.33. The Kier molecular flexibility index (Phi) is 7.80. The number of hydrogen-bond acceptors (Lipinski definition) is 6. The number of carbonyl (C=O) groups excluding carboxylic acids is 1. The summed E-state index contributed by atoms with van der Waals surface area (Å²) < 4.78 is 14.2. The normalized spacial score (nSPS) is 15.5. The summed E-state index contributed by atoms with van der Waals surface area (Å²) in [5, 5.41) is 0.554. The Hall–Kier alpha value is -2.46. The van der Waals surface area contributed by atoms with Gasteiger partial charge in [-0.2, -0.15) is 0 Å². The fourth-order valence-electron chi connectivity index (χ4n) is 3.75. The molecule has 4 rings (SSSR count). The molecule has 3 aromatic rings. The first-order chi connectivity index (χ1) is 16.7. The van der Waals surface area contributed by atoms with Gasteiger partial charge in [-0.15, -0.1) is 0 Å². The summed E-state index contributed by atoms with van der Waals surface area (Å²) in [4.78, 5) is 31.4. The molecule has 0 aliphatic carbocycles. The maximum absolute atomic E-state index is 13.6. The Bertz CT molecular complexity index is 1520. The van der Waals surface area contributed by atoms with E-state index in [-0.39, 0.29) is 5.56 Å². The van der Waals surface area contributed by atoms with Crippen LogP contribution in [0.2, 0.25) is 5.02 Å². The van der Waals surface area contributed by atoms with Crippen molar-refractivity contribution in [1.82, 2.24) is 4.57 Å². The quantitative estimate of drug-likeness (QED) is 0.277. The van der Waals surface area contributed by atoms with Gasteiger partial charge >= 0.3 is 5.97 Å². The molecule has 35 heavy (non-hydrogen) atoms. The lowest BCUT2D eigenvalue weighted by molar-refractivity contribution is -0.136. The van der Waals surface area contributed by atoms with Crippen molar-refractivity contribution < 1.29 is 14.3 Å². The van der Waals surface area contributed by atoms with E-state index in [0.717, 1.165) is 20.1 Å². The summed E-state index contributed by atoms with van der Waals surface area (Å²) in [6, 6.07) is 10.1. The number of benzene rings is 2. The number of carbonyl (C=O) groups is 1. The molecule has 10 heteroatoms. The summed E-state index contributed by atoms with van der Waals surface area (Å²) in [5.74, 6) is 0.105. The van der Waals surface area contributed by atoms with Crippen molar-refractivity contribution >= 4 is 66.8 Å². The molecule has 0 saturated heterocycles. The van der Waals surface area contributed by atoms with Crippen LogP contribution < -0.4 is 19.6 Å². The molecule has 180 valence electrons. The van der Waals surface area contributed by atoms with Crippen LogP contribution in [0.3, 0.4) is 0 Å². The van der Waals surface area contributed by atoms with Gasteiger partial charge < -0.3 is 9.47 Å². The van der Waals surface area contributed by atoms with Crippen LogP contribution in [-0.4, -0.2) is 24.3 Å². The second kappa shape index (κ2) is 10.7. The Morgan fingerprint density at radius 2 is 1.91 bits per heavy atom. The summed E-state index contributed by atoms with van der Waals surface area (Å²) >= 11 is 14.4. The zero-order chi connectivity index (χ0) is 25.3. The Morgan fingerprint density at radius 3 is 2.51 bits per heavy atom. The third kappa shape index (κ3) is 5.09. The van der Waals surface area contributed by atoms with Crippen LogP contribution in [-0.2, 0) is 9.53 Å². The lowest BCUT2D eigenvalue weighted by atomic mass is 9.96. The largest absolute Gasteiger partial charge is 0.487 e.